The van der Waals surface area contributed by atoms with Gasteiger partial charge < -0.3 is 19.5 Å². The van der Waals surface area contributed by atoms with Crippen LogP contribution in [0.2, 0.25) is 0 Å². The van der Waals surface area contributed by atoms with Crippen LogP contribution in [0.4, 0.5) is 4.79 Å². The van der Waals surface area contributed by atoms with Crippen molar-refractivity contribution in [2.75, 3.05) is 19.6 Å². The Kier molecular flexibility index (Phi) is 4.34. The lowest BCUT2D eigenvalue weighted by Gasteiger charge is -2.25. The van der Waals surface area contributed by atoms with Gasteiger partial charge in [0.2, 0.25) is 5.91 Å². The fourth-order valence-corrected chi connectivity index (χ4v) is 4.21. The highest BCUT2D eigenvalue weighted by molar-refractivity contribution is 5.82. The van der Waals surface area contributed by atoms with E-state index in [2.05, 4.69) is 35.0 Å². The zero-order chi connectivity index (χ0) is 18.1. The molecule has 1 N–H and O–H groups in total. The smallest absolute Gasteiger partial charge is 0.407 e. The maximum atomic E-state index is 12.8. The first kappa shape index (κ1) is 16.9. The van der Waals surface area contributed by atoms with E-state index in [4.69, 9.17) is 4.74 Å². The largest absolute Gasteiger partial charge is 0.441 e. The quantitative estimate of drug-likeness (QED) is 0.921. The van der Waals surface area contributed by atoms with Gasteiger partial charge in [-0.3, -0.25) is 4.79 Å². The molecule has 0 aliphatic carbocycles. The van der Waals surface area contributed by atoms with Gasteiger partial charge in [-0.25, -0.2) is 4.79 Å². The van der Waals surface area contributed by atoms with Crippen molar-refractivity contribution in [3.8, 4) is 0 Å². The highest BCUT2D eigenvalue weighted by atomic mass is 16.6. The van der Waals surface area contributed by atoms with Gasteiger partial charge in [-0.1, -0.05) is 18.2 Å². The van der Waals surface area contributed by atoms with Gasteiger partial charge in [-0.15, -0.1) is 0 Å². The molecule has 2 saturated heterocycles. The van der Waals surface area contributed by atoms with Crippen LogP contribution < -0.4 is 5.32 Å². The first-order valence-electron chi connectivity index (χ1n) is 9.36. The molecule has 0 radical (unpaired) electrons. The Balaban J connectivity index is 1.39. The average molecular weight is 355 g/mol. The maximum absolute atomic E-state index is 12.8. The highest BCUT2D eigenvalue weighted by Crippen LogP contribution is 2.29. The van der Waals surface area contributed by atoms with Crippen molar-refractivity contribution in [3.05, 3.63) is 36.0 Å². The highest BCUT2D eigenvalue weighted by Gasteiger charge is 2.41. The van der Waals surface area contributed by atoms with Crippen molar-refractivity contribution < 1.29 is 14.3 Å². The first-order chi connectivity index (χ1) is 12.6. The molecule has 1 aromatic carbocycles. The molecule has 2 fully saturated rings. The molecule has 2 aromatic rings. The Morgan fingerprint density at radius 1 is 1.27 bits per heavy atom. The van der Waals surface area contributed by atoms with Crippen molar-refractivity contribution in [2.24, 2.45) is 0 Å². The number of amides is 2. The molecule has 0 bridgehead atoms. The Hall–Kier alpha value is -2.50. The van der Waals surface area contributed by atoms with E-state index in [-0.39, 0.29) is 12.0 Å². The summed E-state index contributed by atoms with van der Waals surface area (Å²) < 4.78 is 7.71. The van der Waals surface area contributed by atoms with Crippen LogP contribution in [-0.4, -0.2) is 46.7 Å². The summed E-state index contributed by atoms with van der Waals surface area (Å²) in [6, 6.07) is 10.4. The number of benzene rings is 1. The van der Waals surface area contributed by atoms with Gasteiger partial charge in [-0.05, 0) is 37.3 Å². The number of para-hydroxylation sites is 1. The molecule has 2 aliphatic rings. The fraction of sp³-hybridized carbons (Fsp3) is 0.500. The first-order valence-corrected chi connectivity index (χ1v) is 9.36. The third-order valence-electron chi connectivity index (χ3n) is 5.68. The van der Waals surface area contributed by atoms with Gasteiger partial charge in [0.25, 0.3) is 0 Å². The van der Waals surface area contributed by atoms with Crippen LogP contribution in [0.5, 0.6) is 0 Å². The summed E-state index contributed by atoms with van der Waals surface area (Å²) in [4.78, 5) is 26.1. The molecule has 6 nitrogen and oxygen atoms in total. The standard InChI is InChI=1S/C20H25N3O3/c1-15-13-16-5-2-3-6-17(16)23(15)11-7-18(24)22-10-4-8-20(9-12-22)14-21-19(25)26-20/h2-3,5-6,13H,4,7-12,14H2,1H3,(H,21,25)/t20-/m0/s1. The minimum absolute atomic E-state index is 0.177. The minimum Gasteiger partial charge on any atom is -0.441 e. The number of fused-ring (bicyclic) bond motifs is 1. The van der Waals surface area contributed by atoms with E-state index < -0.39 is 5.60 Å². The molecule has 4 rings (SSSR count). The lowest BCUT2D eigenvalue weighted by atomic mass is 9.95. The summed E-state index contributed by atoms with van der Waals surface area (Å²) in [5.74, 6) is 0.177. The van der Waals surface area contributed by atoms with E-state index in [1.54, 1.807) is 0 Å². The van der Waals surface area contributed by atoms with Crippen LogP contribution in [-0.2, 0) is 16.1 Å². The lowest BCUT2D eigenvalue weighted by molar-refractivity contribution is -0.131. The van der Waals surface area contributed by atoms with E-state index in [1.165, 1.54) is 16.6 Å². The number of carbonyl (C=O) groups is 2. The van der Waals surface area contributed by atoms with Crippen molar-refractivity contribution in [1.82, 2.24) is 14.8 Å². The summed E-state index contributed by atoms with van der Waals surface area (Å²) in [5.41, 5.74) is 1.94. The van der Waals surface area contributed by atoms with E-state index >= 15 is 0 Å². The van der Waals surface area contributed by atoms with Crippen molar-refractivity contribution >= 4 is 22.9 Å². The Morgan fingerprint density at radius 3 is 2.92 bits per heavy atom. The summed E-state index contributed by atoms with van der Waals surface area (Å²) in [7, 11) is 0. The van der Waals surface area contributed by atoms with Crippen LogP contribution >= 0.6 is 0 Å². The number of carbonyl (C=O) groups excluding carboxylic acids is 2. The monoisotopic (exact) mass is 355 g/mol. The molecule has 138 valence electrons. The van der Waals surface area contributed by atoms with Gasteiger partial charge in [0.05, 0.1) is 6.54 Å². The molecule has 1 spiro atoms. The van der Waals surface area contributed by atoms with E-state index in [9.17, 15) is 9.59 Å². The number of aromatic nitrogens is 1. The van der Waals surface area contributed by atoms with Crippen molar-refractivity contribution in [3.63, 3.8) is 0 Å². The zero-order valence-corrected chi connectivity index (χ0v) is 15.2. The van der Waals surface area contributed by atoms with E-state index in [1.807, 2.05) is 17.0 Å². The molecule has 26 heavy (non-hydrogen) atoms. The summed E-state index contributed by atoms with van der Waals surface area (Å²) in [5, 5.41) is 3.96. The lowest BCUT2D eigenvalue weighted by Crippen LogP contribution is -2.36. The van der Waals surface area contributed by atoms with Crippen LogP contribution in [0.25, 0.3) is 10.9 Å². The molecular formula is C20H25N3O3. The molecule has 2 amide bonds. The molecule has 0 saturated carbocycles. The van der Waals surface area contributed by atoms with Gasteiger partial charge in [-0.2, -0.15) is 0 Å². The number of nitrogens with one attached hydrogen (secondary N) is 1. The molecule has 1 atom stereocenters. The third-order valence-corrected chi connectivity index (χ3v) is 5.68. The molecule has 1 aromatic heterocycles. The second-order valence-electron chi connectivity index (χ2n) is 7.41. The number of hydrogen-bond acceptors (Lipinski definition) is 3. The fourth-order valence-electron chi connectivity index (χ4n) is 4.21. The Morgan fingerprint density at radius 2 is 2.12 bits per heavy atom. The van der Waals surface area contributed by atoms with Crippen LogP contribution in [0.3, 0.4) is 0 Å². The van der Waals surface area contributed by atoms with E-state index in [0.29, 0.717) is 32.5 Å². The van der Waals surface area contributed by atoms with Crippen LogP contribution in [0, 0.1) is 6.92 Å². The second-order valence-corrected chi connectivity index (χ2v) is 7.41. The Labute approximate surface area is 153 Å². The topological polar surface area (TPSA) is 63.6 Å². The van der Waals surface area contributed by atoms with Gasteiger partial charge >= 0.3 is 6.09 Å². The number of rotatable bonds is 3. The van der Waals surface area contributed by atoms with Crippen LogP contribution in [0.1, 0.15) is 31.4 Å². The number of hydrogen-bond donors (Lipinski definition) is 1. The minimum atomic E-state index is -0.417. The summed E-state index contributed by atoms with van der Waals surface area (Å²) >= 11 is 0. The number of likely N-dealkylation sites (tertiary alicyclic amines) is 1. The van der Waals surface area contributed by atoms with Gasteiger partial charge in [0, 0.05) is 43.7 Å². The normalized spacial score (nSPS) is 23.1. The van der Waals surface area contributed by atoms with Crippen LogP contribution in [0.15, 0.2) is 30.3 Å². The number of ether oxygens (including phenoxy) is 1. The molecule has 3 heterocycles. The molecule has 2 aliphatic heterocycles. The molecule has 6 heteroatoms. The Bertz CT molecular complexity index is 844. The van der Waals surface area contributed by atoms with Gasteiger partial charge in [0.15, 0.2) is 0 Å². The summed E-state index contributed by atoms with van der Waals surface area (Å²) in [6.45, 7) is 4.73. The van der Waals surface area contributed by atoms with E-state index in [0.717, 1.165) is 19.4 Å². The van der Waals surface area contributed by atoms with Gasteiger partial charge in [0.1, 0.15) is 5.60 Å². The number of aryl methyl sites for hydroxylation is 2. The SMILES string of the molecule is Cc1cc2ccccc2n1CCC(=O)N1CCC[C@]2(CC1)CNC(=O)O2. The average Bonchev–Trinajstić information content (AvgIpc) is 3.06. The molecular weight excluding hydrogens is 330 g/mol. The summed E-state index contributed by atoms with van der Waals surface area (Å²) in [6.07, 6.45) is 2.55. The maximum Gasteiger partial charge on any atom is 0.407 e. The predicted octanol–water partition coefficient (Wildman–Crippen LogP) is 2.83. The molecule has 0 unspecified atom stereocenters. The number of alkyl carbamates (subject to hydrolysis) is 1. The predicted molar refractivity (Wildman–Crippen MR) is 98.9 cm³/mol. The second kappa shape index (κ2) is 6.67. The zero-order valence-electron chi connectivity index (χ0n) is 15.2. The third kappa shape index (κ3) is 3.16. The number of nitrogens with zero attached hydrogens (tertiary/aromatic N) is 2. The van der Waals surface area contributed by atoms with Crippen molar-refractivity contribution in [1.29, 1.82) is 0 Å². The van der Waals surface area contributed by atoms with Crippen molar-refractivity contribution in [2.45, 2.75) is 44.8 Å².